The maximum atomic E-state index is 15.2. The van der Waals surface area contributed by atoms with Gasteiger partial charge in [0.15, 0.2) is 0 Å². The highest BCUT2D eigenvalue weighted by molar-refractivity contribution is 5.98. The quantitative estimate of drug-likeness (QED) is 0.334. The molecule has 15 heteroatoms. The topological polar surface area (TPSA) is 101 Å². The Morgan fingerprint density at radius 2 is 1.72 bits per heavy atom. The summed E-state index contributed by atoms with van der Waals surface area (Å²) < 4.78 is 103. The third-order valence-electron chi connectivity index (χ3n) is 7.92. The summed E-state index contributed by atoms with van der Waals surface area (Å²) in [6.45, 7) is 3.26. The number of carboxylic acids is 1. The molecule has 2 aromatic carbocycles. The largest absolute Gasteiger partial charge is 0.480 e. The fraction of sp³-hybridized carbons (Fsp3) is 0.387. The smallest absolute Gasteiger partial charge is 0.417 e. The highest BCUT2D eigenvalue weighted by atomic mass is 19.4. The Morgan fingerprint density at radius 3 is 2.28 bits per heavy atom. The van der Waals surface area contributed by atoms with Crippen LogP contribution in [0.1, 0.15) is 38.3 Å². The van der Waals surface area contributed by atoms with Gasteiger partial charge in [-0.1, -0.05) is 18.2 Å². The van der Waals surface area contributed by atoms with E-state index >= 15 is 4.39 Å². The Balaban J connectivity index is 1.60. The van der Waals surface area contributed by atoms with Crippen LogP contribution in [0, 0.1) is 26.6 Å². The number of aromatic nitrogens is 1. The number of carbonyl (C=O) groups is 2. The molecule has 46 heavy (non-hydrogen) atoms. The molecule has 0 spiro atoms. The number of benzene rings is 2. The van der Waals surface area contributed by atoms with Gasteiger partial charge in [0.25, 0.3) is 11.5 Å². The molecule has 8 nitrogen and oxygen atoms in total. The predicted octanol–water partition coefficient (Wildman–Crippen LogP) is 5.33. The van der Waals surface area contributed by atoms with Crippen molar-refractivity contribution in [2.24, 2.45) is 7.05 Å². The van der Waals surface area contributed by atoms with Gasteiger partial charge in [-0.05, 0) is 61.2 Å². The molecule has 0 radical (unpaired) electrons. The average Bonchev–Trinajstić information content (AvgIpc) is 2.94. The molecule has 0 bridgehead atoms. The SMILES string of the molecule is Cc1cc(CC(NC(=O)c2c(C)cc(N3CCOCC3C(F)(F)F)cc2F)C(=O)O)ccc1-c1c(C(F)(F)F)cc(C)n(C)c1=O. The molecule has 1 aromatic heterocycles. The molecule has 2 heterocycles. The summed E-state index contributed by atoms with van der Waals surface area (Å²) in [6, 6.07) is 3.15. The predicted molar refractivity (Wildman–Crippen MR) is 153 cm³/mol. The lowest BCUT2D eigenvalue weighted by Gasteiger charge is -2.38. The molecule has 0 saturated carbocycles. The third kappa shape index (κ3) is 7.03. The summed E-state index contributed by atoms with van der Waals surface area (Å²) in [4.78, 5) is 39.0. The van der Waals surface area contributed by atoms with Gasteiger partial charge in [0.05, 0.1) is 29.9 Å². The number of aryl methyl sites for hydroxylation is 3. The number of halogens is 7. The Bertz CT molecular complexity index is 1710. The van der Waals surface area contributed by atoms with Crippen molar-refractivity contribution in [3.8, 4) is 11.1 Å². The molecule has 1 saturated heterocycles. The molecule has 1 amide bonds. The molecule has 2 atom stereocenters. The Kier molecular flexibility index (Phi) is 9.57. The number of alkyl halides is 6. The van der Waals surface area contributed by atoms with Gasteiger partial charge in [-0.3, -0.25) is 9.59 Å². The molecule has 0 aliphatic carbocycles. The average molecular weight is 658 g/mol. The lowest BCUT2D eigenvalue weighted by molar-refractivity contribution is -0.167. The van der Waals surface area contributed by atoms with Gasteiger partial charge >= 0.3 is 18.3 Å². The lowest BCUT2D eigenvalue weighted by Crippen LogP contribution is -2.53. The molecule has 1 aliphatic rings. The van der Waals surface area contributed by atoms with Gasteiger partial charge in [-0.25, -0.2) is 9.18 Å². The molecule has 248 valence electrons. The summed E-state index contributed by atoms with van der Waals surface area (Å²) in [5.74, 6) is -3.79. The van der Waals surface area contributed by atoms with E-state index in [1.807, 2.05) is 0 Å². The zero-order valence-corrected chi connectivity index (χ0v) is 25.1. The number of hydrogen-bond donors (Lipinski definition) is 2. The lowest BCUT2D eigenvalue weighted by atomic mass is 9.93. The number of nitrogens with zero attached hydrogens (tertiary/aromatic N) is 2. The van der Waals surface area contributed by atoms with E-state index in [4.69, 9.17) is 4.74 Å². The first-order chi connectivity index (χ1) is 21.3. The van der Waals surface area contributed by atoms with Crippen molar-refractivity contribution in [2.45, 2.75) is 51.6 Å². The number of nitrogens with one attached hydrogen (secondary N) is 1. The van der Waals surface area contributed by atoms with Crippen LogP contribution in [-0.2, 0) is 29.2 Å². The minimum absolute atomic E-state index is 0.0154. The van der Waals surface area contributed by atoms with Gasteiger partial charge in [0.2, 0.25) is 0 Å². The van der Waals surface area contributed by atoms with Gasteiger partial charge in [0, 0.05) is 31.4 Å². The second kappa shape index (κ2) is 12.8. The van der Waals surface area contributed by atoms with Crippen molar-refractivity contribution in [3.05, 3.63) is 86.1 Å². The number of morpholine rings is 1. The molecule has 3 aromatic rings. The number of amides is 1. The van der Waals surface area contributed by atoms with Crippen molar-refractivity contribution in [3.63, 3.8) is 0 Å². The summed E-state index contributed by atoms with van der Waals surface area (Å²) in [5, 5.41) is 12.0. The molecular weight excluding hydrogens is 627 g/mol. The van der Waals surface area contributed by atoms with E-state index in [2.05, 4.69) is 5.32 Å². The molecular formula is C31H30F7N3O5. The zero-order chi connectivity index (χ0) is 34.3. The second-order valence-corrected chi connectivity index (χ2v) is 11.1. The van der Waals surface area contributed by atoms with Crippen LogP contribution in [0.5, 0.6) is 0 Å². The highest BCUT2D eigenvalue weighted by Crippen LogP contribution is 2.37. The van der Waals surface area contributed by atoms with Crippen molar-refractivity contribution in [1.82, 2.24) is 9.88 Å². The van der Waals surface area contributed by atoms with E-state index in [0.717, 1.165) is 21.6 Å². The Hall–Kier alpha value is -4.40. The van der Waals surface area contributed by atoms with Crippen LogP contribution in [0.2, 0.25) is 0 Å². The van der Waals surface area contributed by atoms with Crippen molar-refractivity contribution >= 4 is 17.6 Å². The van der Waals surface area contributed by atoms with Crippen LogP contribution >= 0.6 is 0 Å². The van der Waals surface area contributed by atoms with Crippen molar-refractivity contribution in [1.29, 1.82) is 0 Å². The van der Waals surface area contributed by atoms with Crippen LogP contribution in [0.3, 0.4) is 0 Å². The first kappa shape index (κ1) is 34.5. The van der Waals surface area contributed by atoms with E-state index < -0.39 is 71.0 Å². The number of carboxylic acid groups (broad SMARTS) is 1. The van der Waals surface area contributed by atoms with E-state index in [-0.39, 0.29) is 53.2 Å². The van der Waals surface area contributed by atoms with Crippen LogP contribution in [-0.4, -0.2) is 59.6 Å². The normalized spacial score (nSPS) is 16.3. The standard InChI is InChI=1S/C31H30F7N3O5/c1-15-9-18(5-6-20(15)26-21(30(33,34)35)11-17(3)40(4)28(26)43)12-23(29(44)45)39-27(42)25-16(2)10-19(13-22(25)32)41-7-8-46-14-24(41)31(36,37)38/h5-6,9-11,13,23-24H,7-8,12,14H2,1-4H3,(H,39,42)(H,44,45). The van der Waals surface area contributed by atoms with Gasteiger partial charge in [0.1, 0.15) is 17.9 Å². The van der Waals surface area contributed by atoms with E-state index in [1.165, 1.54) is 52.1 Å². The fourth-order valence-corrected chi connectivity index (χ4v) is 5.47. The van der Waals surface area contributed by atoms with E-state index in [9.17, 15) is 45.8 Å². The van der Waals surface area contributed by atoms with Crippen LogP contribution in [0.15, 0.2) is 41.2 Å². The highest BCUT2D eigenvalue weighted by Gasteiger charge is 2.46. The van der Waals surface area contributed by atoms with Crippen molar-refractivity contribution in [2.75, 3.05) is 24.7 Å². The number of anilines is 1. The molecule has 1 aliphatic heterocycles. The van der Waals surface area contributed by atoms with E-state index in [0.29, 0.717) is 0 Å². The number of aliphatic carboxylic acids is 1. The number of carbonyl (C=O) groups excluding carboxylic acids is 1. The maximum absolute atomic E-state index is 15.2. The van der Waals surface area contributed by atoms with E-state index in [1.54, 1.807) is 0 Å². The van der Waals surface area contributed by atoms with Crippen LogP contribution < -0.4 is 15.8 Å². The summed E-state index contributed by atoms with van der Waals surface area (Å²) in [6.07, 6.45) is -9.85. The summed E-state index contributed by atoms with van der Waals surface area (Å²) in [7, 11) is 1.34. The minimum atomic E-state index is -4.83. The fourth-order valence-electron chi connectivity index (χ4n) is 5.47. The molecule has 1 fully saturated rings. The number of hydrogen-bond acceptors (Lipinski definition) is 5. The van der Waals surface area contributed by atoms with Gasteiger partial charge < -0.3 is 24.6 Å². The molecule has 4 rings (SSSR count). The molecule has 2 N–H and O–H groups in total. The summed E-state index contributed by atoms with van der Waals surface area (Å²) in [5.41, 5.74) is -2.68. The first-order valence-corrected chi connectivity index (χ1v) is 13.9. The Morgan fingerprint density at radius 1 is 1.04 bits per heavy atom. The zero-order valence-electron chi connectivity index (χ0n) is 25.1. The molecule has 2 unspecified atom stereocenters. The maximum Gasteiger partial charge on any atom is 0.417 e. The van der Waals surface area contributed by atoms with Crippen molar-refractivity contribution < 1.29 is 50.2 Å². The van der Waals surface area contributed by atoms with Crippen LogP contribution in [0.25, 0.3) is 11.1 Å². The third-order valence-corrected chi connectivity index (χ3v) is 7.92. The van der Waals surface area contributed by atoms with Gasteiger partial charge in [-0.15, -0.1) is 0 Å². The first-order valence-electron chi connectivity index (χ1n) is 13.9. The van der Waals surface area contributed by atoms with Gasteiger partial charge in [-0.2, -0.15) is 26.3 Å². The number of ether oxygens (including phenoxy) is 1. The Labute approximate surface area is 258 Å². The minimum Gasteiger partial charge on any atom is -0.480 e. The number of pyridine rings is 1. The summed E-state index contributed by atoms with van der Waals surface area (Å²) >= 11 is 0. The van der Waals surface area contributed by atoms with Crippen LogP contribution in [0.4, 0.5) is 36.4 Å². The monoisotopic (exact) mass is 657 g/mol. The number of rotatable bonds is 7. The second-order valence-electron chi connectivity index (χ2n) is 11.1.